The van der Waals surface area contributed by atoms with E-state index in [-0.39, 0.29) is 17.7 Å². The van der Waals surface area contributed by atoms with Crippen LogP contribution in [-0.4, -0.2) is 47.4 Å². The van der Waals surface area contributed by atoms with Crippen molar-refractivity contribution in [2.75, 3.05) is 24.6 Å². The Bertz CT molecular complexity index is 1730. The van der Waals surface area contributed by atoms with Crippen molar-refractivity contribution >= 4 is 35.0 Å². The Hall–Kier alpha value is -4.67. The number of nitrogens with one attached hydrogen (secondary N) is 2. The third-order valence-corrected chi connectivity index (χ3v) is 9.18. The molecule has 0 bridgehead atoms. The number of primary amides is 1. The van der Waals surface area contributed by atoms with Crippen LogP contribution >= 0.6 is 11.6 Å². The number of nitrogens with zero attached hydrogens (tertiary/aromatic N) is 2. The number of ether oxygens (including phenoxy) is 1. The SMILES string of the molecule is NCC1CCC(C(=O)NC(Cc2cccc(C(=O)N3CCOc4ccccc43)c2)c2nc(-c3ccc(C(N)=O)cc3)c(Cl)[nH]2)CC1. The Morgan fingerprint density at radius 1 is 1.00 bits per heavy atom. The minimum Gasteiger partial charge on any atom is -0.490 e. The van der Waals surface area contributed by atoms with Crippen molar-refractivity contribution in [1.29, 1.82) is 0 Å². The number of H-pyrrole nitrogens is 1. The summed E-state index contributed by atoms with van der Waals surface area (Å²) in [6, 6.07) is 21.1. The molecule has 0 radical (unpaired) electrons. The van der Waals surface area contributed by atoms with E-state index in [4.69, 9.17) is 32.8 Å². The third-order valence-electron chi connectivity index (χ3n) is 8.91. The quantitative estimate of drug-likeness (QED) is 0.201. The summed E-state index contributed by atoms with van der Waals surface area (Å²) in [7, 11) is 0. The maximum absolute atomic E-state index is 13.7. The Morgan fingerprint density at radius 2 is 1.76 bits per heavy atom. The molecule has 3 amide bonds. The summed E-state index contributed by atoms with van der Waals surface area (Å²) in [5.74, 6) is 0.798. The van der Waals surface area contributed by atoms with Crippen LogP contribution in [0.3, 0.4) is 0 Å². The van der Waals surface area contributed by atoms with Crippen molar-refractivity contribution in [3.05, 3.63) is 100 Å². The highest BCUT2D eigenvalue weighted by atomic mass is 35.5. The van der Waals surface area contributed by atoms with Gasteiger partial charge in [0.2, 0.25) is 11.8 Å². The predicted molar refractivity (Wildman–Crippen MR) is 177 cm³/mol. The lowest BCUT2D eigenvalue weighted by molar-refractivity contribution is -0.127. The molecule has 1 aromatic heterocycles. The van der Waals surface area contributed by atoms with E-state index in [1.807, 2.05) is 42.5 Å². The lowest BCUT2D eigenvalue weighted by Gasteiger charge is -2.29. The second kappa shape index (κ2) is 13.8. The maximum Gasteiger partial charge on any atom is 0.258 e. The van der Waals surface area contributed by atoms with Gasteiger partial charge in [-0.1, -0.05) is 48.0 Å². The van der Waals surface area contributed by atoms with Gasteiger partial charge in [-0.3, -0.25) is 14.4 Å². The first kappa shape index (κ1) is 31.3. The molecule has 46 heavy (non-hydrogen) atoms. The summed E-state index contributed by atoms with van der Waals surface area (Å²) >= 11 is 6.65. The summed E-state index contributed by atoms with van der Waals surface area (Å²) in [6.45, 7) is 1.49. The number of aromatic nitrogens is 2. The van der Waals surface area contributed by atoms with E-state index in [1.54, 1.807) is 35.2 Å². The zero-order valence-corrected chi connectivity index (χ0v) is 26.1. The van der Waals surface area contributed by atoms with E-state index in [9.17, 15) is 14.4 Å². The van der Waals surface area contributed by atoms with Crippen molar-refractivity contribution in [3.63, 3.8) is 0 Å². The van der Waals surface area contributed by atoms with Gasteiger partial charge >= 0.3 is 0 Å². The van der Waals surface area contributed by atoms with Gasteiger partial charge in [-0.25, -0.2) is 4.98 Å². The fraction of sp³-hybridized carbons (Fsp3) is 0.314. The minimum absolute atomic E-state index is 0.0440. The van der Waals surface area contributed by atoms with Crippen molar-refractivity contribution in [1.82, 2.24) is 15.3 Å². The fourth-order valence-electron chi connectivity index (χ4n) is 6.29. The van der Waals surface area contributed by atoms with Gasteiger partial charge in [-0.05, 0) is 86.5 Å². The molecule has 1 aliphatic heterocycles. The normalized spacial score (nSPS) is 18.3. The highest BCUT2D eigenvalue weighted by Crippen LogP contribution is 2.34. The first-order chi connectivity index (χ1) is 22.3. The van der Waals surface area contributed by atoms with Crippen molar-refractivity contribution in [3.8, 4) is 17.0 Å². The number of nitrogens with two attached hydrogens (primary N) is 2. The fourth-order valence-corrected chi connectivity index (χ4v) is 6.54. The average Bonchev–Trinajstić information content (AvgIpc) is 3.48. The van der Waals surface area contributed by atoms with Crippen LogP contribution in [0.4, 0.5) is 5.69 Å². The van der Waals surface area contributed by atoms with E-state index in [0.29, 0.717) is 71.1 Å². The van der Waals surface area contributed by atoms with Gasteiger partial charge in [-0.15, -0.1) is 0 Å². The number of hydrogen-bond donors (Lipinski definition) is 4. The van der Waals surface area contributed by atoms with Gasteiger partial charge in [0.15, 0.2) is 0 Å². The Labute approximate surface area is 272 Å². The van der Waals surface area contributed by atoms with Crippen LogP contribution in [0.5, 0.6) is 5.75 Å². The molecule has 1 atom stereocenters. The number of amides is 3. The number of anilines is 1. The van der Waals surface area contributed by atoms with Crippen LogP contribution in [-0.2, 0) is 11.2 Å². The summed E-state index contributed by atoms with van der Waals surface area (Å²) in [4.78, 5) is 48.6. The summed E-state index contributed by atoms with van der Waals surface area (Å²) in [6.07, 6.45) is 3.77. The number of rotatable bonds is 9. The number of fused-ring (bicyclic) bond motifs is 1. The lowest BCUT2D eigenvalue weighted by atomic mass is 9.81. The molecule has 10 nitrogen and oxygen atoms in total. The van der Waals surface area contributed by atoms with Crippen LogP contribution < -0.4 is 26.4 Å². The zero-order chi connectivity index (χ0) is 32.2. The van der Waals surface area contributed by atoms with Crippen LogP contribution in [0.1, 0.15) is 63.8 Å². The summed E-state index contributed by atoms with van der Waals surface area (Å²) in [5.41, 5.74) is 15.0. The van der Waals surface area contributed by atoms with E-state index in [2.05, 4.69) is 10.3 Å². The number of imidazole rings is 1. The lowest BCUT2D eigenvalue weighted by Crippen LogP contribution is -2.38. The highest BCUT2D eigenvalue weighted by Gasteiger charge is 2.30. The van der Waals surface area contributed by atoms with Crippen molar-refractivity contribution in [2.45, 2.75) is 38.1 Å². The minimum atomic E-state index is -0.551. The molecular weight excluding hydrogens is 604 g/mol. The Kier molecular flexibility index (Phi) is 9.37. The molecule has 6 N–H and O–H groups in total. The smallest absolute Gasteiger partial charge is 0.258 e. The second-order valence-corrected chi connectivity index (χ2v) is 12.3. The van der Waals surface area contributed by atoms with Gasteiger partial charge in [0.05, 0.1) is 18.3 Å². The van der Waals surface area contributed by atoms with Crippen molar-refractivity contribution in [2.24, 2.45) is 23.3 Å². The van der Waals surface area contributed by atoms with Gasteiger partial charge in [0.25, 0.3) is 5.91 Å². The van der Waals surface area contributed by atoms with E-state index < -0.39 is 11.9 Å². The first-order valence-electron chi connectivity index (χ1n) is 15.6. The van der Waals surface area contributed by atoms with E-state index in [1.165, 1.54) is 0 Å². The molecule has 0 saturated heterocycles. The molecule has 6 rings (SSSR count). The van der Waals surface area contributed by atoms with Gasteiger partial charge in [0.1, 0.15) is 29.0 Å². The van der Waals surface area contributed by atoms with Crippen LogP contribution in [0, 0.1) is 11.8 Å². The van der Waals surface area contributed by atoms with Gasteiger partial charge in [0, 0.05) is 22.6 Å². The molecule has 2 aliphatic rings. The maximum atomic E-state index is 13.7. The Balaban J connectivity index is 1.27. The molecule has 4 aromatic rings. The number of halogens is 1. The largest absolute Gasteiger partial charge is 0.490 e. The number of carbonyl (C=O) groups is 3. The van der Waals surface area contributed by atoms with E-state index in [0.717, 1.165) is 36.9 Å². The average molecular weight is 641 g/mol. The number of hydrogen-bond acceptors (Lipinski definition) is 6. The van der Waals surface area contributed by atoms with Crippen molar-refractivity contribution < 1.29 is 19.1 Å². The standard InChI is InChI=1S/C35H37ClN6O4/c36-31-30(23-12-14-24(15-13-23)32(38)43)40-33(41-31)27(39-34(44)25-10-8-21(20-37)9-11-25)19-22-4-3-5-26(18-22)35(45)42-16-17-46-29-7-2-1-6-28(29)42/h1-7,12-15,18,21,25,27H,8-11,16-17,19-20,37H2,(H2,38,43)(H,39,44)(H,40,41). The van der Waals surface area contributed by atoms with Gasteiger partial charge in [-0.2, -0.15) is 0 Å². The predicted octanol–water partition coefficient (Wildman–Crippen LogP) is 5.03. The van der Waals surface area contributed by atoms with Gasteiger partial charge < -0.3 is 31.4 Å². The molecule has 3 aromatic carbocycles. The zero-order valence-electron chi connectivity index (χ0n) is 25.4. The first-order valence-corrected chi connectivity index (χ1v) is 16.0. The Morgan fingerprint density at radius 3 is 2.50 bits per heavy atom. The van der Waals surface area contributed by atoms with Crippen LogP contribution in [0.2, 0.25) is 5.15 Å². The molecule has 0 spiro atoms. The summed E-state index contributed by atoms with van der Waals surface area (Å²) in [5, 5.41) is 3.53. The number of para-hydroxylation sites is 2. The van der Waals surface area contributed by atoms with Crippen LogP contribution in [0.15, 0.2) is 72.8 Å². The topological polar surface area (TPSA) is 156 Å². The number of aromatic amines is 1. The molecule has 11 heteroatoms. The number of carbonyl (C=O) groups excluding carboxylic acids is 3. The van der Waals surface area contributed by atoms with Crippen LogP contribution in [0.25, 0.3) is 11.3 Å². The van der Waals surface area contributed by atoms with E-state index >= 15 is 0 Å². The molecule has 238 valence electrons. The third kappa shape index (κ3) is 6.78. The molecule has 2 heterocycles. The molecule has 1 aliphatic carbocycles. The molecule has 1 saturated carbocycles. The monoisotopic (exact) mass is 640 g/mol. The second-order valence-electron chi connectivity index (χ2n) is 11.9. The molecule has 1 fully saturated rings. The summed E-state index contributed by atoms with van der Waals surface area (Å²) < 4.78 is 5.74. The molecular formula is C35H37ClN6O4. The molecule has 1 unspecified atom stereocenters. The highest BCUT2D eigenvalue weighted by molar-refractivity contribution is 6.32. The number of benzene rings is 3.